The Labute approximate surface area is 336 Å². The van der Waals surface area contributed by atoms with Crippen molar-refractivity contribution in [1.29, 1.82) is 0 Å². The quantitative estimate of drug-likeness (QED) is 0.135. The number of benzene rings is 1. The predicted molar refractivity (Wildman–Crippen MR) is 213 cm³/mol. The van der Waals surface area contributed by atoms with Gasteiger partial charge in [0.2, 0.25) is 11.8 Å². The van der Waals surface area contributed by atoms with Crippen LogP contribution in [0.2, 0.25) is 0 Å². The topological polar surface area (TPSA) is 202 Å². The number of pyridine rings is 1. The van der Waals surface area contributed by atoms with Crippen molar-refractivity contribution in [1.82, 2.24) is 25.5 Å². The van der Waals surface area contributed by atoms with E-state index in [0.29, 0.717) is 58.5 Å². The van der Waals surface area contributed by atoms with E-state index >= 15 is 0 Å². The molecule has 308 valence electrons. The van der Waals surface area contributed by atoms with E-state index in [9.17, 15) is 29.4 Å². The van der Waals surface area contributed by atoms with Crippen LogP contribution in [0.25, 0.3) is 22.3 Å². The van der Waals surface area contributed by atoms with E-state index in [0.717, 1.165) is 18.0 Å². The number of anilines is 1. The Hall–Kier alpha value is -4.70. The maximum absolute atomic E-state index is 14.7. The normalized spacial score (nSPS) is 26.8. The first-order valence-electron chi connectivity index (χ1n) is 20.0. The zero-order valence-corrected chi connectivity index (χ0v) is 34.2. The number of aliphatic hydroxyl groups excluding tert-OH is 1. The lowest BCUT2D eigenvalue weighted by atomic mass is 9.85. The molecule has 16 heteroatoms. The highest BCUT2D eigenvalue weighted by atomic mass is 32.1. The number of carbonyl (C=O) groups excluding carboxylic acids is 3. The van der Waals surface area contributed by atoms with Crippen molar-refractivity contribution < 1.29 is 43.6 Å². The molecule has 3 saturated carbocycles. The van der Waals surface area contributed by atoms with Crippen molar-refractivity contribution in [3.05, 3.63) is 29.6 Å². The van der Waals surface area contributed by atoms with E-state index < -0.39 is 53.0 Å². The summed E-state index contributed by atoms with van der Waals surface area (Å²) in [6, 6.07) is 5.11. The van der Waals surface area contributed by atoms with E-state index in [4.69, 9.17) is 24.2 Å². The first kappa shape index (κ1) is 40.5. The van der Waals surface area contributed by atoms with Crippen LogP contribution in [0, 0.1) is 23.2 Å². The third kappa shape index (κ3) is 8.76. The SMILES string of the molecule is CC[C@@H]1CC1(NC(=O)[C@@H]1C[C@H](Oc2cc(-c3csc(NC(C)C)n3)nc3cc(OCCO)ccc23)CN1C(=O)C(NC(=O)OC1C[C@@H]2C[C@@H]2C1)C(C)(C)C)C(=O)O. The Balaban J connectivity index is 1.19. The van der Waals surface area contributed by atoms with Gasteiger partial charge in [-0.2, -0.15) is 0 Å². The van der Waals surface area contributed by atoms with Crippen LogP contribution in [0.3, 0.4) is 0 Å². The molecule has 0 bridgehead atoms. The molecule has 1 saturated heterocycles. The minimum absolute atomic E-state index is 0.0144. The lowest BCUT2D eigenvalue weighted by molar-refractivity contribution is -0.146. The number of carboxylic acid groups (broad SMARTS) is 1. The Morgan fingerprint density at radius 3 is 2.44 bits per heavy atom. The number of aromatic nitrogens is 2. The Morgan fingerprint density at radius 1 is 1.04 bits per heavy atom. The van der Waals surface area contributed by atoms with Crippen LogP contribution >= 0.6 is 11.3 Å². The number of fused-ring (bicyclic) bond motifs is 2. The molecule has 3 unspecified atom stereocenters. The summed E-state index contributed by atoms with van der Waals surface area (Å²) in [6.07, 6.45) is 2.18. The van der Waals surface area contributed by atoms with E-state index in [1.54, 1.807) is 24.3 Å². The Morgan fingerprint density at radius 2 is 1.79 bits per heavy atom. The molecule has 1 aromatic carbocycles. The minimum atomic E-state index is -1.41. The molecule has 5 N–H and O–H groups in total. The number of nitrogens with one attached hydrogen (secondary N) is 3. The van der Waals surface area contributed by atoms with Crippen molar-refractivity contribution in [2.24, 2.45) is 23.2 Å². The molecule has 8 atom stereocenters. The van der Waals surface area contributed by atoms with Crippen LogP contribution in [0.4, 0.5) is 9.93 Å². The number of likely N-dealkylation sites (tertiary alicyclic amines) is 1. The van der Waals surface area contributed by atoms with Gasteiger partial charge < -0.3 is 45.3 Å². The lowest BCUT2D eigenvalue weighted by Crippen LogP contribution is -2.59. The molecule has 57 heavy (non-hydrogen) atoms. The molecular formula is C41H54N6O9S. The molecule has 3 heterocycles. The highest BCUT2D eigenvalue weighted by molar-refractivity contribution is 7.14. The highest BCUT2D eigenvalue weighted by Gasteiger charge is 2.61. The summed E-state index contributed by atoms with van der Waals surface area (Å²) in [7, 11) is 0. The third-order valence-electron chi connectivity index (χ3n) is 11.6. The second-order valence-corrected chi connectivity index (χ2v) is 18.2. The largest absolute Gasteiger partial charge is 0.491 e. The highest BCUT2D eigenvalue weighted by Crippen LogP contribution is 2.52. The number of carboxylic acids is 1. The number of alkyl carbamates (subject to hydrolysis) is 1. The summed E-state index contributed by atoms with van der Waals surface area (Å²) in [4.78, 5) is 65.6. The molecule has 7 rings (SSSR count). The van der Waals surface area contributed by atoms with Gasteiger partial charge in [0, 0.05) is 35.4 Å². The molecule has 1 aliphatic heterocycles. The van der Waals surface area contributed by atoms with Crippen LogP contribution in [0.5, 0.6) is 11.5 Å². The molecule has 3 aromatic rings. The van der Waals surface area contributed by atoms with Crippen molar-refractivity contribution in [2.45, 2.75) is 116 Å². The fourth-order valence-corrected chi connectivity index (χ4v) is 9.24. The number of hydrogen-bond donors (Lipinski definition) is 5. The average molecular weight is 807 g/mol. The number of ether oxygens (including phenoxy) is 3. The maximum atomic E-state index is 14.7. The van der Waals surface area contributed by atoms with E-state index in [-0.39, 0.29) is 44.2 Å². The fraction of sp³-hybridized carbons (Fsp3) is 0.610. The van der Waals surface area contributed by atoms with Crippen LogP contribution < -0.4 is 25.4 Å². The van der Waals surface area contributed by atoms with Gasteiger partial charge in [-0.3, -0.25) is 9.59 Å². The fourth-order valence-electron chi connectivity index (χ4n) is 8.38. The van der Waals surface area contributed by atoms with Crippen LogP contribution in [-0.2, 0) is 19.1 Å². The number of hydrogen-bond acceptors (Lipinski definition) is 12. The van der Waals surface area contributed by atoms with Crippen molar-refractivity contribution in [3.63, 3.8) is 0 Å². The molecule has 4 aliphatic rings. The summed E-state index contributed by atoms with van der Waals surface area (Å²) >= 11 is 1.45. The smallest absolute Gasteiger partial charge is 0.408 e. The second-order valence-electron chi connectivity index (χ2n) is 17.3. The van der Waals surface area contributed by atoms with Gasteiger partial charge in [-0.15, -0.1) is 11.3 Å². The van der Waals surface area contributed by atoms with Crippen LogP contribution in [0.15, 0.2) is 29.6 Å². The number of aliphatic hydroxyl groups is 1. The van der Waals surface area contributed by atoms with Crippen LogP contribution in [-0.4, -0.2) is 105 Å². The van der Waals surface area contributed by atoms with E-state index in [1.165, 1.54) is 22.7 Å². The maximum Gasteiger partial charge on any atom is 0.408 e. The Bertz CT molecular complexity index is 2010. The zero-order chi connectivity index (χ0) is 40.8. The number of amides is 3. The molecule has 3 aliphatic carbocycles. The van der Waals surface area contributed by atoms with Gasteiger partial charge in [0.15, 0.2) is 5.13 Å². The molecule has 4 fully saturated rings. The monoisotopic (exact) mass is 806 g/mol. The number of carbonyl (C=O) groups is 4. The molecule has 0 radical (unpaired) electrons. The molecule has 15 nitrogen and oxygen atoms in total. The van der Waals surface area contributed by atoms with Gasteiger partial charge in [-0.1, -0.05) is 34.1 Å². The Kier molecular flexibility index (Phi) is 11.3. The van der Waals surface area contributed by atoms with E-state index in [1.807, 2.05) is 46.9 Å². The van der Waals surface area contributed by atoms with Gasteiger partial charge in [-0.05, 0) is 74.8 Å². The number of rotatable bonds is 15. The number of aliphatic carboxylic acids is 1. The van der Waals surface area contributed by atoms with Crippen molar-refractivity contribution >= 4 is 51.2 Å². The first-order valence-corrected chi connectivity index (χ1v) is 20.9. The van der Waals surface area contributed by atoms with E-state index in [2.05, 4.69) is 16.0 Å². The van der Waals surface area contributed by atoms with Gasteiger partial charge in [0.05, 0.1) is 24.4 Å². The molecular weight excluding hydrogens is 753 g/mol. The first-order chi connectivity index (χ1) is 27.1. The van der Waals surface area contributed by atoms with Crippen molar-refractivity contribution in [2.75, 3.05) is 25.1 Å². The zero-order valence-electron chi connectivity index (χ0n) is 33.4. The second kappa shape index (κ2) is 15.9. The van der Waals surface area contributed by atoms with Gasteiger partial charge >= 0.3 is 12.1 Å². The summed E-state index contributed by atoms with van der Waals surface area (Å²) in [6.45, 7) is 11.4. The summed E-state index contributed by atoms with van der Waals surface area (Å²) in [5.41, 5.74) is -0.490. The number of thiazole rings is 1. The van der Waals surface area contributed by atoms with Gasteiger partial charge in [0.1, 0.15) is 53.6 Å². The summed E-state index contributed by atoms with van der Waals surface area (Å²) < 4.78 is 18.2. The third-order valence-corrected chi connectivity index (χ3v) is 12.4. The average Bonchev–Trinajstić information content (AvgIpc) is 3.82. The summed E-state index contributed by atoms with van der Waals surface area (Å²) in [5, 5.41) is 31.7. The van der Waals surface area contributed by atoms with Crippen molar-refractivity contribution in [3.8, 4) is 22.9 Å². The number of nitrogens with zero attached hydrogens (tertiary/aromatic N) is 3. The lowest BCUT2D eigenvalue weighted by Gasteiger charge is -2.35. The molecule has 0 spiro atoms. The molecule has 3 amide bonds. The molecule has 2 aromatic heterocycles. The summed E-state index contributed by atoms with van der Waals surface area (Å²) in [5.74, 6) is -0.277. The van der Waals surface area contributed by atoms with Gasteiger partial charge in [0.25, 0.3) is 0 Å². The minimum Gasteiger partial charge on any atom is -0.491 e. The van der Waals surface area contributed by atoms with Crippen LogP contribution in [0.1, 0.15) is 80.1 Å². The van der Waals surface area contributed by atoms with Gasteiger partial charge in [-0.25, -0.2) is 19.6 Å². The standard InChI is InChI=1S/C41H54N6O9S/c1-7-24-18-41(24,37(51)52)46-35(49)32-16-27(19-47(32)36(50)34(40(4,5)6)45-39(53)56-26-13-22-12-23(22)14-26)55-33-17-30(31-20-57-38(44-31)42-21(2)3)43-29-15-25(54-11-10-48)8-9-28(29)33/h8-9,15,17,20-24,26-27,32,34,48H,7,10-14,16,18-19H2,1-6H3,(H,42,44)(H,45,53)(H,46,49)(H,51,52)/t22-,23+,24-,26?,27+,32+,34?,41?/m1/s1. The predicted octanol–water partition coefficient (Wildman–Crippen LogP) is 5.21.